The van der Waals surface area contributed by atoms with Gasteiger partial charge in [0.2, 0.25) is 5.91 Å². The second-order valence-corrected chi connectivity index (χ2v) is 6.06. The predicted molar refractivity (Wildman–Crippen MR) is 73.7 cm³/mol. The second kappa shape index (κ2) is 6.07. The van der Waals surface area contributed by atoms with Crippen molar-refractivity contribution in [3.05, 3.63) is 35.9 Å². The fourth-order valence-electron chi connectivity index (χ4n) is 1.60. The molecule has 1 rings (SSSR count). The zero-order chi connectivity index (χ0) is 12.9. The van der Waals surface area contributed by atoms with E-state index in [0.29, 0.717) is 11.7 Å². The largest absolute Gasteiger partial charge is 0.368 e. The van der Waals surface area contributed by atoms with Gasteiger partial charge in [0.1, 0.15) is 5.54 Å². The highest BCUT2D eigenvalue weighted by molar-refractivity contribution is 7.99. The molecule has 0 aliphatic carbocycles. The Morgan fingerprint density at radius 3 is 2.41 bits per heavy atom. The van der Waals surface area contributed by atoms with Crippen molar-refractivity contribution in [1.29, 1.82) is 0 Å². The van der Waals surface area contributed by atoms with Gasteiger partial charge in [0.15, 0.2) is 0 Å². The SMILES string of the molecule is CC(C)SCCC(N)(C(N)=O)c1ccccc1. The van der Waals surface area contributed by atoms with Crippen LogP contribution in [-0.4, -0.2) is 16.9 Å². The summed E-state index contributed by atoms with van der Waals surface area (Å²) < 4.78 is 0. The monoisotopic (exact) mass is 252 g/mol. The number of benzene rings is 1. The summed E-state index contributed by atoms with van der Waals surface area (Å²) in [4.78, 5) is 11.6. The molecule has 4 N–H and O–H groups in total. The van der Waals surface area contributed by atoms with Crippen molar-refractivity contribution < 1.29 is 4.79 Å². The number of nitrogens with two attached hydrogens (primary N) is 2. The highest BCUT2D eigenvalue weighted by Gasteiger charge is 2.33. The molecule has 1 unspecified atom stereocenters. The molecule has 0 bridgehead atoms. The summed E-state index contributed by atoms with van der Waals surface area (Å²) in [6.45, 7) is 4.24. The van der Waals surface area contributed by atoms with Crippen molar-refractivity contribution in [2.24, 2.45) is 11.5 Å². The molecule has 4 heteroatoms. The number of rotatable bonds is 6. The highest BCUT2D eigenvalue weighted by Crippen LogP contribution is 2.25. The van der Waals surface area contributed by atoms with Crippen molar-refractivity contribution in [2.45, 2.75) is 31.1 Å². The molecule has 0 aliphatic heterocycles. The summed E-state index contributed by atoms with van der Waals surface area (Å²) in [5.41, 5.74) is 11.3. The van der Waals surface area contributed by atoms with E-state index in [1.165, 1.54) is 0 Å². The van der Waals surface area contributed by atoms with Gasteiger partial charge in [-0.2, -0.15) is 11.8 Å². The standard InChI is InChI=1S/C13H20N2OS/c1-10(2)17-9-8-13(15,12(14)16)11-6-4-3-5-7-11/h3-7,10H,8-9,15H2,1-2H3,(H2,14,16). The van der Waals surface area contributed by atoms with E-state index in [2.05, 4.69) is 13.8 Å². The van der Waals surface area contributed by atoms with Gasteiger partial charge in [-0.15, -0.1) is 0 Å². The van der Waals surface area contributed by atoms with Gasteiger partial charge in [-0.1, -0.05) is 44.2 Å². The first-order valence-corrected chi connectivity index (χ1v) is 6.77. The van der Waals surface area contributed by atoms with Crippen LogP contribution < -0.4 is 11.5 Å². The molecule has 1 amide bonds. The van der Waals surface area contributed by atoms with Crippen molar-refractivity contribution in [3.63, 3.8) is 0 Å². The molecule has 3 nitrogen and oxygen atoms in total. The maximum Gasteiger partial charge on any atom is 0.242 e. The van der Waals surface area contributed by atoms with E-state index < -0.39 is 11.4 Å². The lowest BCUT2D eigenvalue weighted by Gasteiger charge is -2.26. The summed E-state index contributed by atoms with van der Waals surface area (Å²) >= 11 is 1.78. The molecular formula is C13H20N2OS. The third-order valence-corrected chi connectivity index (χ3v) is 3.78. The Balaban J connectivity index is 2.80. The average molecular weight is 252 g/mol. The third kappa shape index (κ3) is 3.75. The molecule has 17 heavy (non-hydrogen) atoms. The molecule has 94 valence electrons. The minimum atomic E-state index is -1.05. The molecule has 0 aliphatic rings. The number of hydrogen-bond donors (Lipinski definition) is 2. The minimum Gasteiger partial charge on any atom is -0.368 e. The second-order valence-electron chi connectivity index (χ2n) is 4.37. The molecule has 0 heterocycles. The zero-order valence-corrected chi connectivity index (χ0v) is 11.2. The molecule has 0 aromatic heterocycles. The molecular weight excluding hydrogens is 232 g/mol. The van der Waals surface area contributed by atoms with E-state index >= 15 is 0 Å². The van der Waals surface area contributed by atoms with Gasteiger partial charge in [-0.25, -0.2) is 0 Å². The molecule has 0 spiro atoms. The first-order chi connectivity index (χ1) is 7.97. The summed E-state index contributed by atoms with van der Waals surface area (Å²) in [5, 5.41) is 0.530. The summed E-state index contributed by atoms with van der Waals surface area (Å²) in [5.74, 6) is 0.361. The van der Waals surface area contributed by atoms with Crippen LogP contribution in [0.2, 0.25) is 0 Å². The van der Waals surface area contributed by atoms with Crippen molar-refractivity contribution in [2.75, 3.05) is 5.75 Å². The lowest BCUT2D eigenvalue weighted by molar-refractivity contribution is -0.123. The van der Waals surface area contributed by atoms with Crippen LogP contribution in [0.25, 0.3) is 0 Å². The lowest BCUT2D eigenvalue weighted by Crippen LogP contribution is -2.49. The number of hydrogen-bond acceptors (Lipinski definition) is 3. The Labute approximate surface area is 107 Å². The van der Waals surface area contributed by atoms with E-state index in [1.807, 2.05) is 30.3 Å². The zero-order valence-electron chi connectivity index (χ0n) is 10.3. The number of thioether (sulfide) groups is 1. The quantitative estimate of drug-likeness (QED) is 0.812. The Hall–Kier alpha value is -1.00. The van der Waals surface area contributed by atoms with E-state index in [9.17, 15) is 4.79 Å². The van der Waals surface area contributed by atoms with E-state index in [-0.39, 0.29) is 0 Å². The van der Waals surface area contributed by atoms with Gasteiger partial charge < -0.3 is 11.5 Å². The van der Waals surface area contributed by atoms with Crippen LogP contribution in [-0.2, 0) is 10.3 Å². The van der Waals surface area contributed by atoms with Crippen LogP contribution in [0.15, 0.2) is 30.3 Å². The van der Waals surface area contributed by atoms with Crippen LogP contribution in [0.1, 0.15) is 25.8 Å². The van der Waals surface area contributed by atoms with Gasteiger partial charge in [0.05, 0.1) is 0 Å². The topological polar surface area (TPSA) is 69.1 Å². The average Bonchev–Trinajstić information content (AvgIpc) is 2.29. The van der Waals surface area contributed by atoms with Crippen LogP contribution in [0.4, 0.5) is 0 Å². The number of carbonyl (C=O) groups excluding carboxylic acids is 1. The number of amides is 1. The first-order valence-electron chi connectivity index (χ1n) is 5.72. The molecule has 0 fully saturated rings. The van der Waals surface area contributed by atoms with Gasteiger partial charge in [0.25, 0.3) is 0 Å². The summed E-state index contributed by atoms with van der Waals surface area (Å²) in [6.07, 6.45) is 0.565. The van der Waals surface area contributed by atoms with Gasteiger partial charge in [0, 0.05) is 0 Å². The molecule has 0 radical (unpaired) electrons. The number of primary amides is 1. The van der Waals surface area contributed by atoms with Crippen LogP contribution in [0, 0.1) is 0 Å². The third-order valence-electron chi connectivity index (χ3n) is 2.68. The van der Waals surface area contributed by atoms with Crippen LogP contribution >= 0.6 is 11.8 Å². The Kier molecular flexibility index (Phi) is 5.02. The molecule has 1 atom stereocenters. The van der Waals surface area contributed by atoms with Crippen LogP contribution in [0.3, 0.4) is 0 Å². The molecule has 1 aromatic carbocycles. The Bertz CT molecular complexity index is 367. The fraction of sp³-hybridized carbons (Fsp3) is 0.462. The highest BCUT2D eigenvalue weighted by atomic mass is 32.2. The maximum atomic E-state index is 11.6. The number of carbonyl (C=O) groups is 1. The summed E-state index contributed by atoms with van der Waals surface area (Å²) in [6, 6.07) is 9.34. The predicted octanol–water partition coefficient (Wildman–Crippen LogP) is 1.86. The smallest absolute Gasteiger partial charge is 0.242 e. The lowest BCUT2D eigenvalue weighted by atomic mass is 9.88. The van der Waals surface area contributed by atoms with Crippen molar-refractivity contribution >= 4 is 17.7 Å². The van der Waals surface area contributed by atoms with E-state index in [4.69, 9.17) is 11.5 Å². The fourth-order valence-corrected chi connectivity index (χ4v) is 2.51. The van der Waals surface area contributed by atoms with Gasteiger partial charge in [-0.3, -0.25) is 4.79 Å². The van der Waals surface area contributed by atoms with Crippen LogP contribution in [0.5, 0.6) is 0 Å². The summed E-state index contributed by atoms with van der Waals surface area (Å²) in [7, 11) is 0. The minimum absolute atomic E-state index is 0.465. The maximum absolute atomic E-state index is 11.6. The first kappa shape index (κ1) is 14.1. The van der Waals surface area contributed by atoms with Crippen molar-refractivity contribution in [3.8, 4) is 0 Å². The Morgan fingerprint density at radius 2 is 1.94 bits per heavy atom. The normalized spacial score (nSPS) is 14.6. The Morgan fingerprint density at radius 1 is 1.35 bits per heavy atom. The molecule has 1 aromatic rings. The van der Waals surface area contributed by atoms with E-state index in [0.717, 1.165) is 11.3 Å². The van der Waals surface area contributed by atoms with E-state index in [1.54, 1.807) is 11.8 Å². The van der Waals surface area contributed by atoms with Crippen molar-refractivity contribution in [1.82, 2.24) is 0 Å². The molecule has 0 saturated heterocycles. The van der Waals surface area contributed by atoms with Gasteiger partial charge in [-0.05, 0) is 23.0 Å². The molecule has 0 saturated carbocycles. The van der Waals surface area contributed by atoms with Gasteiger partial charge >= 0.3 is 0 Å².